The van der Waals surface area contributed by atoms with Crippen molar-refractivity contribution in [1.29, 1.82) is 0 Å². The summed E-state index contributed by atoms with van der Waals surface area (Å²) in [6.07, 6.45) is 37.6. The summed E-state index contributed by atoms with van der Waals surface area (Å²) >= 11 is 0. The predicted octanol–water partition coefficient (Wildman–Crippen LogP) is 14.9. The van der Waals surface area contributed by atoms with Gasteiger partial charge in [-0.15, -0.1) is 0 Å². The third kappa shape index (κ3) is 60.9. The Labute approximate surface area is 396 Å². The molecule has 0 aromatic carbocycles. The van der Waals surface area contributed by atoms with Crippen molar-refractivity contribution < 1.29 is 33.4 Å². The molecule has 376 valence electrons. The number of nitrogens with one attached hydrogen (secondary N) is 1. The maximum Gasteiger partial charge on any atom is 0.333 e. The lowest BCUT2D eigenvalue weighted by Gasteiger charge is -2.09. The molecule has 0 aromatic rings. The Morgan fingerprint density at radius 1 is 0.375 bits per heavy atom. The van der Waals surface area contributed by atoms with Crippen LogP contribution in [0.15, 0.2) is 48.6 Å². The van der Waals surface area contributed by atoms with E-state index in [1.54, 1.807) is 27.7 Å². The van der Waals surface area contributed by atoms with Gasteiger partial charge in [0.1, 0.15) is 0 Å². The van der Waals surface area contributed by atoms with Gasteiger partial charge in [-0.1, -0.05) is 208 Å². The second-order valence-corrected chi connectivity index (χ2v) is 17.8. The quantitative estimate of drug-likeness (QED) is 0.0281. The van der Waals surface area contributed by atoms with Crippen LogP contribution in [0.5, 0.6) is 0 Å². The standard InChI is InChI=1S/C22H42O2.C16H30O2.C9H18N2O.C8H14O2/c1-4-5-6-7-8-9-10-11-12-13-14-15-16-17-18-19-20-24-22(23)21(2)3;1-4-5-6-7-8-9-10-11-12-13-14-18-16(17)15(2)3;1-8(2)9(12)10-6-5-7-11(3)4;1-4-5-6-10-8(9)7(2)3/h2,4-20H2,1,3H3;2,4-14H2,1,3H3;1,5-7H2,2-4H3,(H,10,12);2,4-6H2,1,3H3. The van der Waals surface area contributed by atoms with Crippen molar-refractivity contribution >= 4 is 23.8 Å². The number of nitrogens with zero attached hydrogens (tertiary/aromatic N) is 1. The molecule has 0 bridgehead atoms. The van der Waals surface area contributed by atoms with Crippen molar-refractivity contribution in [3.8, 4) is 0 Å². The highest BCUT2D eigenvalue weighted by Crippen LogP contribution is 2.14. The molecule has 0 aliphatic rings. The van der Waals surface area contributed by atoms with Gasteiger partial charge in [0.05, 0.1) is 19.8 Å². The van der Waals surface area contributed by atoms with Crippen LogP contribution in [0.3, 0.4) is 0 Å². The molecule has 0 aromatic heterocycles. The number of carbonyl (C=O) groups is 4. The molecule has 0 aliphatic carbocycles. The fraction of sp³-hybridized carbons (Fsp3) is 0.782. The molecule has 0 atom stereocenters. The molecule has 9 nitrogen and oxygen atoms in total. The molecule has 0 saturated carbocycles. The minimum atomic E-state index is -0.284. The lowest BCUT2D eigenvalue weighted by molar-refractivity contribution is -0.139. The first kappa shape index (κ1) is 67.4. The van der Waals surface area contributed by atoms with Crippen LogP contribution in [0.1, 0.15) is 235 Å². The van der Waals surface area contributed by atoms with E-state index >= 15 is 0 Å². The summed E-state index contributed by atoms with van der Waals surface area (Å²) in [5.41, 5.74) is 2.02. The van der Waals surface area contributed by atoms with Gasteiger partial charge in [-0.3, -0.25) is 4.79 Å². The molecule has 64 heavy (non-hydrogen) atoms. The average molecular weight is 905 g/mol. The smallest absolute Gasteiger partial charge is 0.333 e. The largest absolute Gasteiger partial charge is 0.462 e. The minimum Gasteiger partial charge on any atom is -0.462 e. The molecule has 1 N–H and O–H groups in total. The van der Waals surface area contributed by atoms with E-state index in [9.17, 15) is 19.2 Å². The Bertz CT molecular complexity index is 1160. The first-order chi connectivity index (χ1) is 30.6. The first-order valence-corrected chi connectivity index (χ1v) is 25.6. The van der Waals surface area contributed by atoms with Crippen LogP contribution < -0.4 is 5.32 Å². The molecule has 0 unspecified atom stereocenters. The molecule has 0 fully saturated rings. The summed E-state index contributed by atoms with van der Waals surface area (Å²) in [5.74, 6) is -0.843. The highest BCUT2D eigenvalue weighted by Gasteiger charge is 2.04. The van der Waals surface area contributed by atoms with Gasteiger partial charge < -0.3 is 24.4 Å². The Morgan fingerprint density at radius 2 is 0.625 bits per heavy atom. The third-order valence-corrected chi connectivity index (χ3v) is 10.2. The molecule has 0 saturated heterocycles. The molecule has 0 aliphatic heterocycles. The number of ether oxygens (including phenoxy) is 3. The third-order valence-electron chi connectivity index (χ3n) is 10.2. The van der Waals surface area contributed by atoms with Gasteiger partial charge in [0.25, 0.3) is 0 Å². The van der Waals surface area contributed by atoms with E-state index in [4.69, 9.17) is 14.2 Å². The van der Waals surface area contributed by atoms with E-state index in [0.717, 1.165) is 45.2 Å². The zero-order chi connectivity index (χ0) is 49.1. The number of amides is 1. The van der Waals surface area contributed by atoms with Crippen LogP contribution in [0.4, 0.5) is 0 Å². The van der Waals surface area contributed by atoms with Crippen molar-refractivity contribution in [1.82, 2.24) is 10.2 Å². The molecule has 0 radical (unpaired) electrons. The van der Waals surface area contributed by atoms with Gasteiger partial charge >= 0.3 is 17.9 Å². The van der Waals surface area contributed by atoms with Crippen molar-refractivity contribution in [3.63, 3.8) is 0 Å². The Balaban J connectivity index is -0.000000397. The number of hydrogen-bond donors (Lipinski definition) is 1. The number of esters is 3. The molecule has 1 amide bonds. The van der Waals surface area contributed by atoms with Crippen LogP contribution in [-0.4, -0.2) is 75.7 Å². The Hall–Kier alpha value is -3.20. The molecule has 0 rings (SSSR count). The predicted molar refractivity (Wildman–Crippen MR) is 275 cm³/mol. The van der Waals surface area contributed by atoms with Crippen LogP contribution in [0.25, 0.3) is 0 Å². The Kier molecular flexibility index (Phi) is 57.0. The van der Waals surface area contributed by atoms with Gasteiger partial charge in [0.2, 0.25) is 5.91 Å². The summed E-state index contributed by atoms with van der Waals surface area (Å²) in [6.45, 7) is 30.8. The van der Waals surface area contributed by atoms with Gasteiger partial charge in [-0.25, -0.2) is 14.4 Å². The maximum atomic E-state index is 11.2. The lowest BCUT2D eigenvalue weighted by Crippen LogP contribution is -2.27. The van der Waals surface area contributed by atoms with Crippen LogP contribution in [0, 0.1) is 0 Å². The normalized spacial score (nSPS) is 10.2. The Morgan fingerprint density at radius 3 is 0.859 bits per heavy atom. The molecular weight excluding hydrogens is 801 g/mol. The van der Waals surface area contributed by atoms with Gasteiger partial charge in [-0.05, 0) is 74.0 Å². The van der Waals surface area contributed by atoms with Crippen molar-refractivity contribution in [2.24, 2.45) is 0 Å². The highest BCUT2D eigenvalue weighted by atomic mass is 16.5. The summed E-state index contributed by atoms with van der Waals surface area (Å²) in [5, 5.41) is 2.77. The van der Waals surface area contributed by atoms with Crippen molar-refractivity contribution in [2.75, 3.05) is 47.0 Å². The van der Waals surface area contributed by atoms with E-state index in [-0.39, 0.29) is 23.8 Å². The van der Waals surface area contributed by atoms with Gasteiger partial charge in [0.15, 0.2) is 0 Å². The fourth-order valence-corrected chi connectivity index (χ4v) is 6.00. The minimum absolute atomic E-state index is 0.0474. The zero-order valence-electron chi connectivity index (χ0n) is 43.7. The number of unbranched alkanes of at least 4 members (excludes halogenated alkanes) is 25. The van der Waals surface area contributed by atoms with Crippen molar-refractivity contribution in [2.45, 2.75) is 235 Å². The summed E-state index contributed by atoms with van der Waals surface area (Å²) in [7, 11) is 4.03. The van der Waals surface area contributed by atoms with Gasteiger partial charge in [-0.2, -0.15) is 0 Å². The van der Waals surface area contributed by atoms with Gasteiger partial charge in [0, 0.05) is 28.8 Å². The van der Waals surface area contributed by atoms with Crippen LogP contribution >= 0.6 is 0 Å². The maximum absolute atomic E-state index is 11.2. The van der Waals surface area contributed by atoms with E-state index < -0.39 is 0 Å². The molecule has 9 heteroatoms. The SMILES string of the molecule is C=C(C)C(=O)NCCCN(C)C.C=C(C)C(=O)OCCCC.C=C(C)C(=O)OCCCCCCCCCCCC.C=C(C)C(=O)OCCCCCCCCCCCCCCCCCC. The lowest BCUT2D eigenvalue weighted by atomic mass is 10.0. The van der Waals surface area contributed by atoms with E-state index in [0.29, 0.717) is 42.1 Å². The summed E-state index contributed by atoms with van der Waals surface area (Å²) < 4.78 is 14.9. The fourth-order valence-electron chi connectivity index (χ4n) is 6.00. The molecular formula is C55H104N2O7. The topological polar surface area (TPSA) is 111 Å². The second-order valence-electron chi connectivity index (χ2n) is 17.8. The zero-order valence-corrected chi connectivity index (χ0v) is 43.7. The highest BCUT2D eigenvalue weighted by molar-refractivity contribution is 5.92. The molecule has 0 heterocycles. The first-order valence-electron chi connectivity index (χ1n) is 25.6. The number of hydrogen-bond acceptors (Lipinski definition) is 8. The van der Waals surface area contributed by atoms with E-state index in [1.807, 2.05) is 14.1 Å². The van der Waals surface area contributed by atoms with Crippen LogP contribution in [0.2, 0.25) is 0 Å². The second kappa shape index (κ2) is 54.1. The van der Waals surface area contributed by atoms with Crippen molar-refractivity contribution in [3.05, 3.63) is 48.6 Å². The molecule has 0 spiro atoms. The van der Waals surface area contributed by atoms with Crippen LogP contribution in [-0.2, 0) is 33.4 Å². The average Bonchev–Trinajstić information content (AvgIpc) is 3.25. The van der Waals surface area contributed by atoms with E-state index in [2.05, 4.69) is 57.3 Å². The number of carbonyl (C=O) groups excluding carboxylic acids is 4. The number of rotatable bonds is 39. The monoisotopic (exact) mass is 905 g/mol. The summed E-state index contributed by atoms with van der Waals surface area (Å²) in [6, 6.07) is 0. The van der Waals surface area contributed by atoms with E-state index in [1.165, 1.54) is 154 Å². The summed E-state index contributed by atoms with van der Waals surface area (Å²) in [4.78, 5) is 46.0.